The first kappa shape index (κ1) is 10.8. The summed E-state index contributed by atoms with van der Waals surface area (Å²) in [4.78, 5) is 0. The smallest absolute Gasteiger partial charge is 0.395 e. The third-order valence-electron chi connectivity index (χ3n) is 1.75. The minimum Gasteiger partial charge on any atom is -0.395 e. The molecule has 0 atom stereocenters. The van der Waals surface area contributed by atoms with Crippen molar-refractivity contribution in [2.24, 2.45) is 5.73 Å². The molecule has 1 heterocycles. The van der Waals surface area contributed by atoms with Crippen molar-refractivity contribution < 1.29 is 22.6 Å². The molecule has 0 aromatic heterocycles. The first-order valence-electron chi connectivity index (χ1n) is 4.03. The van der Waals surface area contributed by atoms with Gasteiger partial charge in [-0.1, -0.05) is 0 Å². The Morgan fingerprint density at radius 3 is 2.44 bits per heavy atom. The van der Waals surface area contributed by atoms with Gasteiger partial charge in [-0.15, -0.1) is 8.78 Å². The lowest BCUT2D eigenvalue weighted by molar-refractivity contribution is -0.286. The number of halogens is 3. The number of anilines is 1. The minimum atomic E-state index is -3.78. The van der Waals surface area contributed by atoms with Crippen molar-refractivity contribution in [3.05, 3.63) is 17.9 Å². The third-order valence-corrected chi connectivity index (χ3v) is 1.85. The Bertz CT molecular complexity index is 467. The first-order chi connectivity index (χ1) is 7.37. The Morgan fingerprint density at radius 2 is 1.88 bits per heavy atom. The van der Waals surface area contributed by atoms with Gasteiger partial charge in [0.2, 0.25) is 0 Å². The van der Waals surface area contributed by atoms with Crippen LogP contribution in [0, 0.1) is 5.82 Å². The number of nitrogens with one attached hydrogen (secondary N) is 1. The molecular formula is C8H5F3N2O2S. The lowest BCUT2D eigenvalue weighted by atomic mass is 10.2. The van der Waals surface area contributed by atoms with Crippen LogP contribution in [0.25, 0.3) is 0 Å². The van der Waals surface area contributed by atoms with Gasteiger partial charge >= 0.3 is 6.29 Å². The lowest BCUT2D eigenvalue weighted by Gasteiger charge is -2.05. The maximum atomic E-state index is 13.3. The van der Waals surface area contributed by atoms with Crippen molar-refractivity contribution in [2.45, 2.75) is 6.29 Å². The van der Waals surface area contributed by atoms with Gasteiger partial charge in [0, 0.05) is 12.1 Å². The summed E-state index contributed by atoms with van der Waals surface area (Å²) in [5, 5.41) is 2.09. The van der Waals surface area contributed by atoms with Crippen molar-refractivity contribution in [2.75, 3.05) is 5.32 Å². The number of nitrogens with two attached hydrogens (primary N) is 1. The van der Waals surface area contributed by atoms with E-state index >= 15 is 0 Å². The molecule has 1 aliphatic heterocycles. The molecule has 0 amide bonds. The fraction of sp³-hybridized carbons (Fsp3) is 0.125. The summed E-state index contributed by atoms with van der Waals surface area (Å²) >= 11 is 4.49. The van der Waals surface area contributed by atoms with Crippen LogP contribution in [0.3, 0.4) is 0 Å². The minimum absolute atomic E-state index is 0.160. The molecule has 3 N–H and O–H groups in total. The van der Waals surface area contributed by atoms with Gasteiger partial charge < -0.3 is 20.5 Å². The number of hydrogen-bond acceptors (Lipinski definition) is 3. The highest BCUT2D eigenvalue weighted by Gasteiger charge is 2.44. The highest BCUT2D eigenvalue weighted by Crippen LogP contribution is 2.43. The molecule has 0 radical (unpaired) electrons. The molecule has 16 heavy (non-hydrogen) atoms. The van der Waals surface area contributed by atoms with Gasteiger partial charge in [0.15, 0.2) is 22.4 Å². The molecule has 2 rings (SSSR count). The second-order valence-electron chi connectivity index (χ2n) is 2.94. The van der Waals surface area contributed by atoms with Crippen LogP contribution < -0.4 is 20.5 Å². The molecule has 0 saturated heterocycles. The average molecular weight is 250 g/mol. The third kappa shape index (κ3) is 1.96. The van der Waals surface area contributed by atoms with Crippen molar-refractivity contribution in [3.63, 3.8) is 0 Å². The zero-order valence-corrected chi connectivity index (χ0v) is 8.41. The van der Waals surface area contributed by atoms with E-state index in [-0.39, 0.29) is 22.3 Å². The Kier molecular flexibility index (Phi) is 2.30. The molecule has 0 spiro atoms. The molecular weight excluding hydrogens is 245 g/mol. The van der Waals surface area contributed by atoms with Crippen LogP contribution in [0.4, 0.5) is 18.9 Å². The molecule has 1 aromatic carbocycles. The van der Waals surface area contributed by atoms with E-state index < -0.39 is 12.1 Å². The average Bonchev–Trinajstić information content (AvgIpc) is 2.38. The van der Waals surface area contributed by atoms with E-state index in [1.165, 1.54) is 0 Å². The largest absolute Gasteiger partial charge is 0.586 e. The molecule has 8 heteroatoms. The number of fused-ring (bicyclic) bond motifs is 1. The molecule has 1 aromatic rings. The first-order valence-corrected chi connectivity index (χ1v) is 4.44. The summed E-state index contributed by atoms with van der Waals surface area (Å²) in [6, 6.07) is 1.75. The highest BCUT2D eigenvalue weighted by molar-refractivity contribution is 7.80. The number of hydrogen-bond donors (Lipinski definition) is 2. The predicted octanol–water partition coefficient (Wildman–Crippen LogP) is 1.80. The maximum Gasteiger partial charge on any atom is 0.586 e. The molecule has 0 fully saturated rings. The van der Waals surface area contributed by atoms with Crippen LogP contribution in [0.2, 0.25) is 0 Å². The van der Waals surface area contributed by atoms with Gasteiger partial charge in [0.1, 0.15) is 0 Å². The van der Waals surface area contributed by atoms with E-state index in [4.69, 9.17) is 5.73 Å². The topological polar surface area (TPSA) is 56.5 Å². The number of benzene rings is 1. The van der Waals surface area contributed by atoms with Crippen molar-refractivity contribution >= 4 is 23.0 Å². The summed E-state index contributed by atoms with van der Waals surface area (Å²) in [5.41, 5.74) is 4.97. The van der Waals surface area contributed by atoms with E-state index in [2.05, 4.69) is 27.0 Å². The number of thiocarbonyl (C=S) groups is 1. The summed E-state index contributed by atoms with van der Waals surface area (Å²) in [6.07, 6.45) is -3.78. The Hall–Kier alpha value is -1.70. The van der Waals surface area contributed by atoms with Crippen molar-refractivity contribution in [1.29, 1.82) is 0 Å². The van der Waals surface area contributed by atoms with E-state index in [1.54, 1.807) is 0 Å². The van der Waals surface area contributed by atoms with E-state index in [0.29, 0.717) is 0 Å². The summed E-state index contributed by atoms with van der Waals surface area (Å²) in [6.45, 7) is 0. The standard InChI is InChI=1S/C8H5F3N2O2S/c9-3-1-5-6(15-8(10,11)14-5)2-4(3)13-7(12)16/h1-2H,(H3,12,13,16). The van der Waals surface area contributed by atoms with Crippen LogP contribution in [-0.2, 0) is 0 Å². The zero-order chi connectivity index (χ0) is 11.9. The van der Waals surface area contributed by atoms with E-state index in [9.17, 15) is 13.2 Å². The molecule has 0 bridgehead atoms. The molecule has 1 aliphatic rings. The number of ether oxygens (including phenoxy) is 2. The number of rotatable bonds is 1. The summed E-state index contributed by atoms with van der Waals surface area (Å²) in [5.74, 6) is -1.49. The lowest BCUT2D eigenvalue weighted by Crippen LogP contribution is -2.25. The van der Waals surface area contributed by atoms with Crippen molar-refractivity contribution in [3.8, 4) is 11.5 Å². The van der Waals surface area contributed by atoms with Gasteiger partial charge in [-0.2, -0.15) is 0 Å². The van der Waals surface area contributed by atoms with Crippen molar-refractivity contribution in [1.82, 2.24) is 0 Å². The Morgan fingerprint density at radius 1 is 1.31 bits per heavy atom. The summed E-state index contributed by atoms with van der Waals surface area (Å²) in [7, 11) is 0. The van der Waals surface area contributed by atoms with Crippen LogP contribution in [0.15, 0.2) is 12.1 Å². The van der Waals surface area contributed by atoms with Gasteiger partial charge in [0.25, 0.3) is 0 Å². The van der Waals surface area contributed by atoms with Gasteiger partial charge in [-0.05, 0) is 12.2 Å². The fourth-order valence-electron chi connectivity index (χ4n) is 1.20. The molecule has 0 unspecified atom stereocenters. The second-order valence-corrected chi connectivity index (χ2v) is 3.38. The second kappa shape index (κ2) is 3.41. The van der Waals surface area contributed by atoms with Crippen LogP contribution in [0.5, 0.6) is 11.5 Å². The van der Waals surface area contributed by atoms with Gasteiger partial charge in [-0.3, -0.25) is 0 Å². The molecule has 0 saturated carbocycles. The highest BCUT2D eigenvalue weighted by atomic mass is 32.1. The van der Waals surface area contributed by atoms with Gasteiger partial charge in [-0.25, -0.2) is 4.39 Å². The quantitative estimate of drug-likeness (QED) is 0.744. The number of alkyl halides is 2. The Labute approximate surface area is 93.1 Å². The normalized spacial score (nSPS) is 15.9. The molecule has 0 aliphatic carbocycles. The summed E-state index contributed by atoms with van der Waals surface area (Å²) < 4.78 is 46.7. The maximum absolute atomic E-state index is 13.3. The van der Waals surface area contributed by atoms with Gasteiger partial charge in [0.05, 0.1) is 5.69 Å². The molecule has 4 nitrogen and oxygen atoms in total. The zero-order valence-electron chi connectivity index (χ0n) is 7.59. The van der Waals surface area contributed by atoms with Crippen LogP contribution in [-0.4, -0.2) is 11.4 Å². The van der Waals surface area contributed by atoms with Crippen LogP contribution in [0.1, 0.15) is 0 Å². The molecule has 86 valence electrons. The Balaban J connectivity index is 2.37. The fourth-order valence-corrected chi connectivity index (χ4v) is 1.31. The van der Waals surface area contributed by atoms with E-state index in [1.807, 2.05) is 0 Å². The predicted molar refractivity (Wildman–Crippen MR) is 53.0 cm³/mol. The monoisotopic (exact) mass is 250 g/mol. The van der Waals surface area contributed by atoms with Crippen LogP contribution >= 0.6 is 12.2 Å². The van der Waals surface area contributed by atoms with E-state index in [0.717, 1.165) is 12.1 Å². The SMILES string of the molecule is NC(=S)Nc1cc2c(cc1F)OC(F)(F)O2.